The molecule has 0 amide bonds. The van der Waals surface area contributed by atoms with Crippen LogP contribution in [0.25, 0.3) is 0 Å². The van der Waals surface area contributed by atoms with E-state index in [1.54, 1.807) is 18.2 Å². The molecule has 0 saturated carbocycles. The maximum absolute atomic E-state index is 13.4. The van der Waals surface area contributed by atoms with Crippen LogP contribution in [-0.2, 0) is 6.42 Å². The second-order valence-electron chi connectivity index (χ2n) is 5.20. The summed E-state index contributed by atoms with van der Waals surface area (Å²) in [6.07, 6.45) is -3.57. The predicted molar refractivity (Wildman–Crippen MR) is 83.4 cm³/mol. The quantitative estimate of drug-likeness (QED) is 0.879. The smallest absolute Gasteiger partial charge is 0.408 e. The van der Waals surface area contributed by atoms with E-state index >= 15 is 0 Å². The zero-order chi connectivity index (χ0) is 14.2. The SMILES string of the molecule is Cl.Cl.FC(F)(F)[C@H](c1ccc2c(c1)CCO2)N1CCNCC1. The van der Waals surface area contributed by atoms with Crippen molar-refractivity contribution in [2.45, 2.75) is 18.6 Å². The Balaban J connectivity index is 0.00000121. The van der Waals surface area contributed by atoms with Gasteiger partial charge in [-0.3, -0.25) is 4.90 Å². The molecule has 3 rings (SSSR count). The van der Waals surface area contributed by atoms with Gasteiger partial charge in [-0.25, -0.2) is 0 Å². The average molecular weight is 359 g/mol. The van der Waals surface area contributed by atoms with E-state index in [4.69, 9.17) is 4.74 Å². The van der Waals surface area contributed by atoms with Crippen LogP contribution >= 0.6 is 24.8 Å². The Labute approximate surface area is 140 Å². The lowest BCUT2D eigenvalue weighted by Gasteiger charge is -2.36. The summed E-state index contributed by atoms with van der Waals surface area (Å²) in [5.74, 6) is 0.718. The molecule has 1 atom stereocenters. The van der Waals surface area contributed by atoms with Gasteiger partial charge in [-0.05, 0) is 17.2 Å². The summed E-state index contributed by atoms with van der Waals surface area (Å²) in [5.41, 5.74) is 1.20. The van der Waals surface area contributed by atoms with Crippen molar-refractivity contribution in [3.63, 3.8) is 0 Å². The number of rotatable bonds is 2. The van der Waals surface area contributed by atoms with Gasteiger partial charge in [-0.1, -0.05) is 12.1 Å². The maximum atomic E-state index is 13.4. The Kier molecular flexibility index (Phi) is 6.80. The third-order valence-electron chi connectivity index (χ3n) is 3.86. The fraction of sp³-hybridized carbons (Fsp3) is 0.571. The lowest BCUT2D eigenvalue weighted by atomic mass is 10.00. The van der Waals surface area contributed by atoms with Crippen molar-refractivity contribution in [3.05, 3.63) is 29.3 Å². The molecule has 0 aromatic heterocycles. The van der Waals surface area contributed by atoms with Crippen LogP contribution in [0.2, 0.25) is 0 Å². The number of piperazine rings is 1. The first kappa shape index (κ1) is 19.4. The number of nitrogens with one attached hydrogen (secondary N) is 1. The molecule has 0 spiro atoms. The van der Waals surface area contributed by atoms with Crippen LogP contribution in [0, 0.1) is 0 Å². The molecular weight excluding hydrogens is 340 g/mol. The Hall–Kier alpha value is -0.690. The van der Waals surface area contributed by atoms with Crippen molar-refractivity contribution >= 4 is 24.8 Å². The number of ether oxygens (including phenoxy) is 1. The molecule has 0 aliphatic carbocycles. The van der Waals surface area contributed by atoms with Gasteiger partial charge in [0.05, 0.1) is 6.61 Å². The van der Waals surface area contributed by atoms with Crippen LogP contribution in [0.4, 0.5) is 13.2 Å². The lowest BCUT2D eigenvalue weighted by Crippen LogP contribution is -2.49. The van der Waals surface area contributed by atoms with Crippen molar-refractivity contribution in [2.75, 3.05) is 32.8 Å². The van der Waals surface area contributed by atoms with Crippen LogP contribution in [-0.4, -0.2) is 43.9 Å². The highest BCUT2D eigenvalue weighted by molar-refractivity contribution is 5.85. The molecule has 3 nitrogen and oxygen atoms in total. The van der Waals surface area contributed by atoms with E-state index in [0.29, 0.717) is 44.8 Å². The van der Waals surface area contributed by atoms with Gasteiger partial charge in [0.15, 0.2) is 0 Å². The molecule has 1 aromatic carbocycles. The number of hydrogen-bond donors (Lipinski definition) is 1. The first-order chi connectivity index (χ1) is 9.55. The first-order valence-corrected chi connectivity index (χ1v) is 6.83. The van der Waals surface area contributed by atoms with E-state index in [1.165, 1.54) is 4.90 Å². The molecule has 1 aromatic rings. The molecule has 2 aliphatic heterocycles. The van der Waals surface area contributed by atoms with Crippen LogP contribution in [0.5, 0.6) is 5.75 Å². The van der Waals surface area contributed by atoms with Crippen LogP contribution in [0.3, 0.4) is 0 Å². The van der Waals surface area contributed by atoms with E-state index in [1.807, 2.05) is 0 Å². The van der Waals surface area contributed by atoms with Crippen LogP contribution in [0.15, 0.2) is 18.2 Å². The molecule has 1 saturated heterocycles. The van der Waals surface area contributed by atoms with E-state index in [2.05, 4.69) is 5.32 Å². The van der Waals surface area contributed by atoms with Gasteiger partial charge in [-0.15, -0.1) is 24.8 Å². The summed E-state index contributed by atoms with van der Waals surface area (Å²) < 4.78 is 45.7. The van der Waals surface area contributed by atoms with E-state index in [9.17, 15) is 13.2 Å². The van der Waals surface area contributed by atoms with Crippen molar-refractivity contribution in [1.82, 2.24) is 10.2 Å². The average Bonchev–Trinajstić information content (AvgIpc) is 2.86. The summed E-state index contributed by atoms with van der Waals surface area (Å²) in [6.45, 7) is 2.58. The topological polar surface area (TPSA) is 24.5 Å². The lowest BCUT2D eigenvalue weighted by molar-refractivity contribution is -0.187. The summed E-state index contributed by atoms with van der Waals surface area (Å²) in [7, 11) is 0. The third kappa shape index (κ3) is 3.98. The molecule has 8 heteroatoms. The molecule has 22 heavy (non-hydrogen) atoms. The third-order valence-corrected chi connectivity index (χ3v) is 3.86. The monoisotopic (exact) mass is 358 g/mol. The van der Waals surface area contributed by atoms with Crippen molar-refractivity contribution in [1.29, 1.82) is 0 Å². The van der Waals surface area contributed by atoms with Gasteiger partial charge in [0.25, 0.3) is 0 Å². The van der Waals surface area contributed by atoms with E-state index in [0.717, 1.165) is 11.3 Å². The van der Waals surface area contributed by atoms with Gasteiger partial charge in [0, 0.05) is 32.6 Å². The van der Waals surface area contributed by atoms with Crippen molar-refractivity contribution in [3.8, 4) is 5.75 Å². The van der Waals surface area contributed by atoms with Gasteiger partial charge >= 0.3 is 6.18 Å². The normalized spacial score (nSPS) is 19.4. The summed E-state index contributed by atoms with van der Waals surface area (Å²) >= 11 is 0. The van der Waals surface area contributed by atoms with Gasteiger partial charge in [0.1, 0.15) is 11.8 Å². The zero-order valence-electron chi connectivity index (χ0n) is 11.9. The maximum Gasteiger partial charge on any atom is 0.408 e. The second-order valence-corrected chi connectivity index (χ2v) is 5.20. The number of hydrogen-bond acceptors (Lipinski definition) is 3. The molecular formula is C14H19Cl2F3N2O. The van der Waals surface area contributed by atoms with E-state index in [-0.39, 0.29) is 24.8 Å². The number of halogens is 5. The fourth-order valence-corrected chi connectivity index (χ4v) is 2.92. The molecule has 2 heterocycles. The molecule has 0 radical (unpaired) electrons. The predicted octanol–water partition coefficient (Wildman–Crippen LogP) is 2.97. The van der Waals surface area contributed by atoms with Crippen LogP contribution < -0.4 is 10.1 Å². The fourth-order valence-electron chi connectivity index (χ4n) is 2.92. The largest absolute Gasteiger partial charge is 0.493 e. The van der Waals surface area contributed by atoms with Gasteiger partial charge in [-0.2, -0.15) is 13.2 Å². The minimum Gasteiger partial charge on any atom is -0.493 e. The molecule has 1 N–H and O–H groups in total. The minimum atomic E-state index is -4.26. The number of nitrogens with zero attached hydrogens (tertiary/aromatic N) is 1. The first-order valence-electron chi connectivity index (χ1n) is 6.83. The highest BCUT2D eigenvalue weighted by Gasteiger charge is 2.45. The second kappa shape index (κ2) is 7.73. The Bertz CT molecular complexity index is 493. The Morgan fingerprint density at radius 3 is 2.45 bits per heavy atom. The Morgan fingerprint density at radius 1 is 1.14 bits per heavy atom. The minimum absolute atomic E-state index is 0. The highest BCUT2D eigenvalue weighted by Crippen LogP contribution is 2.39. The summed E-state index contributed by atoms with van der Waals surface area (Å²) in [5, 5.41) is 3.09. The number of alkyl halides is 3. The van der Waals surface area contributed by atoms with Crippen LogP contribution in [0.1, 0.15) is 17.2 Å². The summed E-state index contributed by atoms with van der Waals surface area (Å²) in [4.78, 5) is 1.51. The zero-order valence-corrected chi connectivity index (χ0v) is 13.5. The highest BCUT2D eigenvalue weighted by atomic mass is 35.5. The molecule has 126 valence electrons. The van der Waals surface area contributed by atoms with Gasteiger partial charge < -0.3 is 10.1 Å². The molecule has 0 bridgehead atoms. The number of benzene rings is 1. The van der Waals surface area contributed by atoms with Gasteiger partial charge in [0.2, 0.25) is 0 Å². The van der Waals surface area contributed by atoms with E-state index < -0.39 is 12.2 Å². The summed E-state index contributed by atoms with van der Waals surface area (Å²) in [6, 6.07) is 3.35. The molecule has 0 unspecified atom stereocenters. The number of fused-ring (bicyclic) bond motifs is 1. The Morgan fingerprint density at radius 2 is 1.82 bits per heavy atom. The van der Waals surface area contributed by atoms with Crippen molar-refractivity contribution < 1.29 is 17.9 Å². The van der Waals surface area contributed by atoms with Crippen molar-refractivity contribution in [2.24, 2.45) is 0 Å². The molecule has 1 fully saturated rings. The molecule has 2 aliphatic rings. The standard InChI is InChI=1S/C14H17F3N2O.2ClH/c15-14(16,17)13(19-6-4-18-5-7-19)11-1-2-12-10(9-11)3-8-20-12;;/h1-2,9,13,18H,3-8H2;2*1H/t13-;;/m0../s1.